The van der Waals surface area contributed by atoms with Gasteiger partial charge in [-0.15, -0.1) is 0 Å². The maximum absolute atomic E-state index is 5.70. The summed E-state index contributed by atoms with van der Waals surface area (Å²) in [6, 6.07) is 10.1. The van der Waals surface area contributed by atoms with Crippen molar-refractivity contribution in [3.05, 3.63) is 60.4 Å². The summed E-state index contributed by atoms with van der Waals surface area (Å²) in [5.41, 5.74) is 1.18. The minimum absolute atomic E-state index is 0.572. The van der Waals surface area contributed by atoms with Crippen molar-refractivity contribution in [2.75, 3.05) is 6.61 Å². The highest BCUT2D eigenvalue weighted by atomic mass is 28.4. The molecule has 18 heavy (non-hydrogen) atoms. The van der Waals surface area contributed by atoms with Gasteiger partial charge in [-0.3, -0.25) is 0 Å². The molecule has 0 aromatic heterocycles. The molecule has 3 heteroatoms. The van der Waals surface area contributed by atoms with Gasteiger partial charge in [0.1, 0.15) is 0 Å². The third kappa shape index (κ3) is 7.09. The van der Waals surface area contributed by atoms with Crippen molar-refractivity contribution in [2.45, 2.75) is 26.2 Å². The van der Waals surface area contributed by atoms with E-state index in [-0.39, 0.29) is 0 Å². The fourth-order valence-electron chi connectivity index (χ4n) is 1.43. The van der Waals surface area contributed by atoms with Crippen LogP contribution < -0.4 is 0 Å². The molecular formula is C15H22O2Si. The van der Waals surface area contributed by atoms with Gasteiger partial charge in [-0.1, -0.05) is 43.0 Å². The first-order valence-corrected chi connectivity index (χ1v) is 9.54. The van der Waals surface area contributed by atoms with Crippen LogP contribution in [0.5, 0.6) is 0 Å². The van der Waals surface area contributed by atoms with Gasteiger partial charge >= 0.3 is 0 Å². The van der Waals surface area contributed by atoms with Crippen molar-refractivity contribution in [1.29, 1.82) is 0 Å². The molecule has 0 atom stereocenters. The fourth-order valence-corrected chi connectivity index (χ4v) is 2.28. The van der Waals surface area contributed by atoms with Crippen molar-refractivity contribution in [3.63, 3.8) is 0 Å². The van der Waals surface area contributed by atoms with Gasteiger partial charge in [0.25, 0.3) is 0 Å². The average molecular weight is 262 g/mol. The summed E-state index contributed by atoms with van der Waals surface area (Å²) in [7, 11) is -1.53. The predicted octanol–water partition coefficient (Wildman–Crippen LogP) is 4.12. The van der Waals surface area contributed by atoms with E-state index in [1.807, 2.05) is 30.4 Å². The van der Waals surface area contributed by atoms with Gasteiger partial charge in [0.15, 0.2) is 0 Å². The first kappa shape index (κ1) is 14.7. The van der Waals surface area contributed by atoms with Crippen LogP contribution >= 0.6 is 0 Å². The normalized spacial score (nSPS) is 11.7. The summed E-state index contributed by atoms with van der Waals surface area (Å²) >= 11 is 0. The molecule has 0 saturated carbocycles. The summed E-state index contributed by atoms with van der Waals surface area (Å²) in [5.74, 6) is 0.720. The lowest BCUT2D eigenvalue weighted by atomic mass is 10.2. The molecule has 0 saturated heterocycles. The molecule has 0 fully saturated rings. The number of hydrogen-bond acceptors (Lipinski definition) is 2. The fraction of sp³-hybridized carbons (Fsp3) is 0.333. The van der Waals surface area contributed by atoms with Crippen LogP contribution in [-0.4, -0.2) is 14.9 Å². The Labute approximate surface area is 111 Å². The molecule has 0 aliphatic rings. The number of allylic oxidation sites excluding steroid dienone is 1. The van der Waals surface area contributed by atoms with E-state index >= 15 is 0 Å². The van der Waals surface area contributed by atoms with Gasteiger partial charge in [0.2, 0.25) is 8.32 Å². The van der Waals surface area contributed by atoms with E-state index in [4.69, 9.17) is 9.16 Å². The molecule has 0 aliphatic heterocycles. The quantitative estimate of drug-likeness (QED) is 0.318. The average Bonchev–Trinajstić information content (AvgIpc) is 2.27. The van der Waals surface area contributed by atoms with Gasteiger partial charge in [-0.25, -0.2) is 0 Å². The van der Waals surface area contributed by atoms with Crippen LogP contribution in [-0.2, 0) is 15.8 Å². The second-order valence-corrected chi connectivity index (χ2v) is 9.51. The van der Waals surface area contributed by atoms with E-state index in [1.165, 1.54) is 5.56 Å². The molecule has 0 aliphatic carbocycles. The van der Waals surface area contributed by atoms with Crippen molar-refractivity contribution < 1.29 is 9.16 Å². The highest BCUT2D eigenvalue weighted by molar-refractivity contribution is 6.70. The van der Waals surface area contributed by atoms with E-state index in [0.29, 0.717) is 13.2 Å². The van der Waals surface area contributed by atoms with Gasteiger partial charge < -0.3 is 9.16 Å². The molecule has 0 spiro atoms. The Bertz CT molecular complexity index is 391. The van der Waals surface area contributed by atoms with Crippen molar-refractivity contribution in [2.24, 2.45) is 0 Å². The van der Waals surface area contributed by atoms with Crippen molar-refractivity contribution in [3.8, 4) is 0 Å². The second kappa shape index (κ2) is 7.19. The summed E-state index contributed by atoms with van der Waals surface area (Å²) in [4.78, 5) is 0. The molecule has 0 radical (unpaired) electrons. The van der Waals surface area contributed by atoms with Gasteiger partial charge in [0, 0.05) is 0 Å². The van der Waals surface area contributed by atoms with Crippen LogP contribution in [0.4, 0.5) is 0 Å². The first-order chi connectivity index (χ1) is 8.47. The van der Waals surface area contributed by atoms with E-state index in [0.717, 1.165) is 5.76 Å². The van der Waals surface area contributed by atoms with Crippen LogP contribution in [0.3, 0.4) is 0 Å². The Hall–Kier alpha value is -1.32. The molecule has 1 rings (SSSR count). The topological polar surface area (TPSA) is 18.5 Å². The smallest absolute Gasteiger partial charge is 0.242 e. The van der Waals surface area contributed by atoms with Crippen molar-refractivity contribution in [1.82, 2.24) is 0 Å². The zero-order chi connectivity index (χ0) is 13.4. The van der Waals surface area contributed by atoms with Crippen molar-refractivity contribution >= 4 is 8.32 Å². The van der Waals surface area contributed by atoms with E-state index in [1.54, 1.807) is 0 Å². The van der Waals surface area contributed by atoms with Crippen LogP contribution in [0.1, 0.15) is 5.56 Å². The summed E-state index contributed by atoms with van der Waals surface area (Å²) < 4.78 is 11.2. The van der Waals surface area contributed by atoms with E-state index < -0.39 is 8.32 Å². The SMILES string of the molecule is C=C(/C=C/COCc1ccccc1)O[Si](C)(C)C. The zero-order valence-corrected chi connectivity index (χ0v) is 12.5. The third-order valence-corrected chi connectivity index (χ3v) is 2.94. The molecule has 0 bridgehead atoms. The lowest BCUT2D eigenvalue weighted by molar-refractivity contribution is 0.148. The maximum Gasteiger partial charge on any atom is 0.242 e. The predicted molar refractivity (Wildman–Crippen MR) is 78.8 cm³/mol. The second-order valence-electron chi connectivity index (χ2n) is 5.08. The Kier molecular flexibility index (Phi) is 5.88. The zero-order valence-electron chi connectivity index (χ0n) is 11.5. The van der Waals surface area contributed by atoms with Crippen LogP contribution in [0.2, 0.25) is 19.6 Å². The number of hydrogen-bond donors (Lipinski definition) is 0. The Morgan fingerprint density at radius 3 is 2.50 bits per heavy atom. The number of benzene rings is 1. The lowest BCUT2D eigenvalue weighted by Crippen LogP contribution is -2.24. The highest BCUT2D eigenvalue weighted by Gasteiger charge is 2.15. The molecule has 2 nitrogen and oxygen atoms in total. The largest absolute Gasteiger partial charge is 0.545 e. The van der Waals surface area contributed by atoms with E-state index in [9.17, 15) is 0 Å². The number of ether oxygens (including phenoxy) is 1. The molecular weight excluding hydrogens is 240 g/mol. The first-order valence-electron chi connectivity index (χ1n) is 6.13. The lowest BCUT2D eigenvalue weighted by Gasteiger charge is -2.18. The van der Waals surface area contributed by atoms with Crippen LogP contribution in [0.25, 0.3) is 0 Å². The molecule has 0 heterocycles. The minimum Gasteiger partial charge on any atom is -0.545 e. The summed E-state index contributed by atoms with van der Waals surface area (Å²) in [6.07, 6.45) is 3.81. The third-order valence-electron chi connectivity index (χ3n) is 2.07. The van der Waals surface area contributed by atoms with Crippen LogP contribution in [0, 0.1) is 0 Å². The molecule has 1 aromatic carbocycles. The van der Waals surface area contributed by atoms with Gasteiger partial charge in [-0.05, 0) is 31.3 Å². The molecule has 0 amide bonds. The summed E-state index contributed by atoms with van der Waals surface area (Å²) in [6.45, 7) is 11.5. The Morgan fingerprint density at radius 1 is 1.22 bits per heavy atom. The molecule has 0 unspecified atom stereocenters. The van der Waals surface area contributed by atoms with Gasteiger partial charge in [0.05, 0.1) is 19.0 Å². The molecule has 1 aromatic rings. The molecule has 98 valence electrons. The highest BCUT2D eigenvalue weighted by Crippen LogP contribution is 2.09. The van der Waals surface area contributed by atoms with E-state index in [2.05, 4.69) is 38.4 Å². The summed E-state index contributed by atoms with van der Waals surface area (Å²) in [5, 5.41) is 0. The van der Waals surface area contributed by atoms with Gasteiger partial charge in [-0.2, -0.15) is 0 Å². The minimum atomic E-state index is -1.53. The molecule has 0 N–H and O–H groups in total. The Morgan fingerprint density at radius 2 is 1.89 bits per heavy atom. The van der Waals surface area contributed by atoms with Crippen LogP contribution in [0.15, 0.2) is 54.8 Å². The standard InChI is InChI=1S/C15H22O2Si/c1-14(17-18(2,3)4)9-8-12-16-13-15-10-6-5-7-11-15/h5-11H,1,12-13H2,2-4H3/b9-8+. The monoisotopic (exact) mass is 262 g/mol. The Balaban J connectivity index is 2.20. The maximum atomic E-state index is 5.70. The number of rotatable bonds is 7.